The van der Waals surface area contributed by atoms with Crippen LogP contribution in [0.25, 0.3) is 5.65 Å². The van der Waals surface area contributed by atoms with Crippen molar-refractivity contribution in [1.82, 2.24) is 19.6 Å². The molecule has 2 aromatic heterocycles. The number of hydrogen-bond donors (Lipinski definition) is 2. The third-order valence-electron chi connectivity index (χ3n) is 6.05. The van der Waals surface area contributed by atoms with Crippen molar-refractivity contribution in [3.05, 3.63) is 53.9 Å². The molecule has 0 radical (unpaired) electrons. The van der Waals surface area contributed by atoms with E-state index in [4.69, 9.17) is 9.47 Å². The van der Waals surface area contributed by atoms with E-state index >= 15 is 0 Å². The predicted molar refractivity (Wildman–Crippen MR) is 135 cm³/mol. The molecule has 0 bridgehead atoms. The number of nitrogens with zero attached hydrogens (tertiary/aromatic N) is 4. The standard InChI is InChI=1S/C25H32N6O4/c1-4-19-24(29(2)25(33)28-20-7-5-6-8-21(20)34-3)31-17-18(9-10-22(31)27-19)23(32)26-11-12-30-13-15-35-16-14-30/h5-10,17H,4,11-16H2,1-3H3,(H,26,32)(H,28,33). The lowest BCUT2D eigenvalue weighted by molar-refractivity contribution is 0.0383. The van der Waals surface area contributed by atoms with Gasteiger partial charge in [-0.1, -0.05) is 19.1 Å². The summed E-state index contributed by atoms with van der Waals surface area (Å²) in [5.74, 6) is 1.01. The number of carbonyl (C=O) groups excluding carboxylic acids is 2. The van der Waals surface area contributed by atoms with E-state index in [-0.39, 0.29) is 11.9 Å². The molecule has 1 aliphatic heterocycles. The lowest BCUT2D eigenvalue weighted by Gasteiger charge is -2.26. The second-order valence-corrected chi connectivity index (χ2v) is 8.28. The van der Waals surface area contributed by atoms with Crippen LogP contribution in [0.5, 0.6) is 5.75 Å². The molecule has 0 unspecified atom stereocenters. The lowest BCUT2D eigenvalue weighted by atomic mass is 10.2. The highest BCUT2D eigenvalue weighted by molar-refractivity contribution is 6.02. The number of hydrogen-bond acceptors (Lipinski definition) is 6. The number of aryl methyl sites for hydroxylation is 1. The average Bonchev–Trinajstić information content (AvgIpc) is 3.27. The zero-order valence-corrected chi connectivity index (χ0v) is 20.4. The summed E-state index contributed by atoms with van der Waals surface area (Å²) in [6, 6.07) is 10.4. The van der Waals surface area contributed by atoms with Crippen molar-refractivity contribution >= 4 is 29.1 Å². The summed E-state index contributed by atoms with van der Waals surface area (Å²) >= 11 is 0. The molecule has 0 spiro atoms. The molecule has 1 saturated heterocycles. The van der Waals surface area contributed by atoms with Gasteiger partial charge in [0.05, 0.1) is 37.3 Å². The molecule has 1 aliphatic rings. The molecular weight excluding hydrogens is 448 g/mol. The molecule has 3 aromatic rings. The molecule has 3 heterocycles. The molecule has 3 amide bonds. The van der Waals surface area contributed by atoms with Crippen molar-refractivity contribution in [3.8, 4) is 5.75 Å². The number of anilines is 2. The van der Waals surface area contributed by atoms with Gasteiger partial charge < -0.3 is 20.1 Å². The van der Waals surface area contributed by atoms with Gasteiger partial charge in [0.2, 0.25) is 0 Å². The van der Waals surface area contributed by atoms with E-state index in [0.717, 1.165) is 38.5 Å². The van der Waals surface area contributed by atoms with E-state index in [2.05, 4.69) is 20.5 Å². The van der Waals surface area contributed by atoms with Gasteiger partial charge in [0.1, 0.15) is 17.2 Å². The quantitative estimate of drug-likeness (QED) is 0.514. The largest absolute Gasteiger partial charge is 0.495 e. The average molecular weight is 481 g/mol. The lowest BCUT2D eigenvalue weighted by Crippen LogP contribution is -2.41. The number of fused-ring (bicyclic) bond motifs is 1. The maximum absolute atomic E-state index is 13.1. The van der Waals surface area contributed by atoms with Crippen LogP contribution in [0.4, 0.5) is 16.3 Å². The molecule has 2 N–H and O–H groups in total. The minimum Gasteiger partial charge on any atom is -0.495 e. The maximum Gasteiger partial charge on any atom is 0.327 e. The molecule has 0 saturated carbocycles. The minimum absolute atomic E-state index is 0.168. The summed E-state index contributed by atoms with van der Waals surface area (Å²) in [6.45, 7) is 6.52. The Bertz CT molecular complexity index is 1190. The number of carbonyl (C=O) groups is 2. The van der Waals surface area contributed by atoms with Crippen molar-refractivity contribution in [3.63, 3.8) is 0 Å². The van der Waals surface area contributed by atoms with E-state index in [1.165, 1.54) is 4.90 Å². The van der Waals surface area contributed by atoms with Gasteiger partial charge in [0, 0.05) is 39.4 Å². The summed E-state index contributed by atoms with van der Waals surface area (Å²) < 4.78 is 12.5. The second-order valence-electron chi connectivity index (χ2n) is 8.28. The van der Waals surface area contributed by atoms with Crippen LogP contribution in [0.3, 0.4) is 0 Å². The Labute approximate surface area is 204 Å². The van der Waals surface area contributed by atoms with Crippen molar-refractivity contribution in [2.75, 3.05) is 63.8 Å². The van der Waals surface area contributed by atoms with Crippen LogP contribution in [0, 0.1) is 0 Å². The zero-order chi connectivity index (χ0) is 24.8. The third kappa shape index (κ3) is 5.55. The van der Waals surface area contributed by atoms with Crippen molar-refractivity contribution in [2.24, 2.45) is 0 Å². The van der Waals surface area contributed by atoms with E-state index in [0.29, 0.717) is 41.4 Å². The number of ether oxygens (including phenoxy) is 2. The molecule has 0 atom stereocenters. The number of aromatic nitrogens is 2. The first-order valence-corrected chi connectivity index (χ1v) is 11.8. The number of urea groups is 1. The maximum atomic E-state index is 13.1. The number of imidazole rings is 1. The van der Waals surface area contributed by atoms with Crippen LogP contribution in [-0.4, -0.2) is 79.8 Å². The Morgan fingerprint density at radius 2 is 1.94 bits per heavy atom. The molecular formula is C25H32N6O4. The fraction of sp³-hybridized carbons (Fsp3) is 0.400. The number of para-hydroxylation sites is 2. The highest BCUT2D eigenvalue weighted by atomic mass is 16.5. The smallest absolute Gasteiger partial charge is 0.327 e. The van der Waals surface area contributed by atoms with E-state index < -0.39 is 0 Å². The molecule has 0 aliphatic carbocycles. The van der Waals surface area contributed by atoms with Crippen molar-refractivity contribution < 1.29 is 19.1 Å². The van der Waals surface area contributed by atoms with Crippen LogP contribution in [-0.2, 0) is 11.2 Å². The summed E-state index contributed by atoms with van der Waals surface area (Å²) in [5, 5.41) is 5.88. The van der Waals surface area contributed by atoms with Crippen molar-refractivity contribution in [2.45, 2.75) is 13.3 Å². The third-order valence-corrected chi connectivity index (χ3v) is 6.05. The topological polar surface area (TPSA) is 100 Å². The molecule has 35 heavy (non-hydrogen) atoms. The van der Waals surface area contributed by atoms with Gasteiger partial charge in [-0.3, -0.25) is 19.0 Å². The van der Waals surface area contributed by atoms with Crippen molar-refractivity contribution in [1.29, 1.82) is 0 Å². The Hall–Kier alpha value is -3.63. The number of amides is 3. The first-order chi connectivity index (χ1) is 17.0. The number of pyridine rings is 1. The molecule has 186 valence electrons. The Morgan fingerprint density at radius 1 is 1.17 bits per heavy atom. The Balaban J connectivity index is 1.52. The fourth-order valence-electron chi connectivity index (χ4n) is 4.11. The van der Waals surface area contributed by atoms with Gasteiger partial charge in [-0.15, -0.1) is 0 Å². The summed E-state index contributed by atoms with van der Waals surface area (Å²) in [5.41, 5.74) is 2.49. The number of methoxy groups -OCH3 is 1. The molecule has 10 nitrogen and oxygen atoms in total. The minimum atomic E-state index is -0.341. The number of nitrogens with one attached hydrogen (secondary N) is 2. The molecule has 1 fully saturated rings. The van der Waals surface area contributed by atoms with Crippen LogP contribution in [0.1, 0.15) is 23.0 Å². The summed E-state index contributed by atoms with van der Waals surface area (Å²) in [7, 11) is 3.24. The highest BCUT2D eigenvalue weighted by Gasteiger charge is 2.22. The van der Waals surface area contributed by atoms with Crippen LogP contribution in [0.2, 0.25) is 0 Å². The Kier molecular flexibility index (Phi) is 7.84. The summed E-state index contributed by atoms with van der Waals surface area (Å²) in [4.78, 5) is 34.4. The molecule has 10 heteroatoms. The number of benzene rings is 1. The second kappa shape index (κ2) is 11.2. The van der Waals surface area contributed by atoms with Crippen LogP contribution < -0.4 is 20.3 Å². The number of morpholine rings is 1. The normalized spacial score (nSPS) is 14.0. The van der Waals surface area contributed by atoms with E-state index in [9.17, 15) is 9.59 Å². The molecule has 1 aromatic carbocycles. The van der Waals surface area contributed by atoms with E-state index in [1.807, 2.05) is 19.1 Å². The first-order valence-electron chi connectivity index (χ1n) is 11.8. The SMILES string of the molecule is CCc1nc2ccc(C(=O)NCCN3CCOCC3)cn2c1N(C)C(=O)Nc1ccccc1OC. The van der Waals surface area contributed by atoms with Crippen LogP contribution >= 0.6 is 0 Å². The van der Waals surface area contributed by atoms with Gasteiger partial charge in [-0.2, -0.15) is 0 Å². The zero-order valence-electron chi connectivity index (χ0n) is 20.4. The monoisotopic (exact) mass is 480 g/mol. The van der Waals surface area contributed by atoms with Crippen LogP contribution in [0.15, 0.2) is 42.6 Å². The van der Waals surface area contributed by atoms with E-state index in [1.54, 1.807) is 49.0 Å². The number of rotatable bonds is 8. The van der Waals surface area contributed by atoms with Gasteiger partial charge in [-0.05, 0) is 30.7 Å². The first kappa shape index (κ1) is 24.5. The highest BCUT2D eigenvalue weighted by Crippen LogP contribution is 2.26. The van der Waals surface area contributed by atoms with Gasteiger partial charge >= 0.3 is 6.03 Å². The predicted octanol–water partition coefficient (Wildman–Crippen LogP) is 2.64. The van der Waals surface area contributed by atoms with Gasteiger partial charge in [-0.25, -0.2) is 9.78 Å². The van der Waals surface area contributed by atoms with Gasteiger partial charge in [0.15, 0.2) is 0 Å². The molecule has 4 rings (SSSR count). The summed E-state index contributed by atoms with van der Waals surface area (Å²) in [6.07, 6.45) is 2.36. The Morgan fingerprint density at radius 3 is 2.69 bits per heavy atom. The fourth-order valence-corrected chi connectivity index (χ4v) is 4.11. The van der Waals surface area contributed by atoms with Gasteiger partial charge in [0.25, 0.3) is 5.91 Å².